The van der Waals surface area contributed by atoms with Gasteiger partial charge in [-0.1, -0.05) is 18.2 Å². The van der Waals surface area contributed by atoms with Gasteiger partial charge in [0.2, 0.25) is 0 Å². The molecule has 158 valence electrons. The number of aromatic amines is 1. The van der Waals surface area contributed by atoms with Crippen LogP contribution in [0.5, 0.6) is 0 Å². The summed E-state index contributed by atoms with van der Waals surface area (Å²) in [5.74, 6) is 0.621. The Morgan fingerprint density at radius 2 is 1.74 bits per heavy atom. The number of H-pyrrole nitrogens is 1. The molecule has 4 aromatic rings. The summed E-state index contributed by atoms with van der Waals surface area (Å²) < 4.78 is 5.32. The van der Waals surface area contributed by atoms with E-state index in [4.69, 9.17) is 9.72 Å². The molecule has 3 aromatic heterocycles. The number of fused-ring (bicyclic) bond motifs is 1. The van der Waals surface area contributed by atoms with E-state index < -0.39 is 11.7 Å². The molecule has 0 bridgehead atoms. The van der Waals surface area contributed by atoms with Gasteiger partial charge in [0.25, 0.3) is 0 Å². The standard InChI is InChI=1S/C24H25N5O2/c1-15(26-23(30)31-24(2,3)4)21-28-20-9-8-19(27-22(20)29-21)18-7-5-6-17(14-18)16-10-12-25-13-11-16/h5-15H,1-4H3,(H,26,30)(H,27,28,29)/t15-/m0/s1. The van der Waals surface area contributed by atoms with Crippen LogP contribution < -0.4 is 5.32 Å². The molecule has 0 saturated carbocycles. The topological polar surface area (TPSA) is 92.8 Å². The van der Waals surface area contributed by atoms with Gasteiger partial charge in [0.05, 0.1) is 17.3 Å². The van der Waals surface area contributed by atoms with Crippen molar-refractivity contribution >= 4 is 17.3 Å². The number of hydrogen-bond acceptors (Lipinski definition) is 5. The molecule has 7 heteroatoms. The molecule has 3 heterocycles. The average Bonchev–Trinajstić information content (AvgIpc) is 3.17. The van der Waals surface area contributed by atoms with Gasteiger partial charge in [-0.15, -0.1) is 0 Å². The van der Waals surface area contributed by atoms with Gasteiger partial charge >= 0.3 is 6.09 Å². The predicted molar refractivity (Wildman–Crippen MR) is 120 cm³/mol. The molecule has 1 amide bonds. The maximum Gasteiger partial charge on any atom is 0.408 e. The first kappa shape index (κ1) is 20.5. The number of nitrogens with zero attached hydrogens (tertiary/aromatic N) is 3. The van der Waals surface area contributed by atoms with Gasteiger partial charge < -0.3 is 15.0 Å². The fourth-order valence-corrected chi connectivity index (χ4v) is 3.23. The number of alkyl carbamates (subject to hydrolysis) is 1. The summed E-state index contributed by atoms with van der Waals surface area (Å²) in [5, 5.41) is 2.80. The van der Waals surface area contributed by atoms with E-state index in [1.165, 1.54) is 0 Å². The lowest BCUT2D eigenvalue weighted by Crippen LogP contribution is -2.34. The molecular weight excluding hydrogens is 390 g/mol. The monoisotopic (exact) mass is 415 g/mol. The Morgan fingerprint density at radius 3 is 2.48 bits per heavy atom. The molecule has 0 aliphatic heterocycles. The number of carbonyl (C=O) groups excluding carboxylic acids is 1. The molecule has 0 unspecified atom stereocenters. The van der Waals surface area contributed by atoms with Gasteiger partial charge in [-0.25, -0.2) is 14.8 Å². The fraction of sp³-hybridized carbons (Fsp3) is 0.250. The predicted octanol–water partition coefficient (Wildman–Crippen LogP) is 5.27. The Kier molecular flexibility index (Phi) is 5.42. The zero-order valence-electron chi connectivity index (χ0n) is 18.0. The Morgan fingerprint density at radius 1 is 1.00 bits per heavy atom. The second kappa shape index (κ2) is 8.18. The van der Waals surface area contributed by atoms with Crippen molar-refractivity contribution in [3.63, 3.8) is 0 Å². The lowest BCUT2D eigenvalue weighted by molar-refractivity contribution is 0.0506. The highest BCUT2D eigenvalue weighted by Gasteiger charge is 2.20. The Hall–Kier alpha value is -3.74. The summed E-state index contributed by atoms with van der Waals surface area (Å²) in [7, 11) is 0. The van der Waals surface area contributed by atoms with Crippen LogP contribution in [0, 0.1) is 0 Å². The third kappa shape index (κ3) is 4.88. The molecule has 0 aliphatic carbocycles. The first-order chi connectivity index (χ1) is 14.8. The number of hydrogen-bond donors (Lipinski definition) is 2. The van der Waals surface area contributed by atoms with Crippen molar-refractivity contribution < 1.29 is 9.53 Å². The lowest BCUT2D eigenvalue weighted by Gasteiger charge is -2.21. The van der Waals surface area contributed by atoms with Gasteiger partial charge in [-0.2, -0.15) is 0 Å². The number of pyridine rings is 2. The molecule has 0 aliphatic rings. The lowest BCUT2D eigenvalue weighted by atomic mass is 10.0. The van der Waals surface area contributed by atoms with Crippen LogP contribution in [0.15, 0.2) is 60.9 Å². The Labute approximate surface area is 180 Å². The van der Waals surface area contributed by atoms with Crippen molar-refractivity contribution in [1.82, 2.24) is 25.3 Å². The SMILES string of the molecule is C[C@H](NC(=O)OC(C)(C)C)c1nc2nc(-c3cccc(-c4ccncc4)c3)ccc2[nH]1. The molecule has 0 fully saturated rings. The van der Waals surface area contributed by atoms with Crippen LogP contribution in [-0.4, -0.2) is 31.6 Å². The van der Waals surface area contributed by atoms with Crippen LogP contribution in [-0.2, 0) is 4.74 Å². The summed E-state index contributed by atoms with van der Waals surface area (Å²) in [6.45, 7) is 7.33. The minimum Gasteiger partial charge on any atom is -0.444 e. The highest BCUT2D eigenvalue weighted by Crippen LogP contribution is 2.26. The van der Waals surface area contributed by atoms with E-state index in [9.17, 15) is 4.79 Å². The average molecular weight is 415 g/mol. The van der Waals surface area contributed by atoms with Crippen molar-refractivity contribution in [2.24, 2.45) is 0 Å². The maximum atomic E-state index is 12.1. The van der Waals surface area contributed by atoms with Crippen LogP contribution in [0.4, 0.5) is 4.79 Å². The zero-order chi connectivity index (χ0) is 22.0. The number of carbonyl (C=O) groups is 1. The number of ether oxygens (including phenoxy) is 1. The number of nitrogens with one attached hydrogen (secondary N) is 2. The molecule has 0 spiro atoms. The summed E-state index contributed by atoms with van der Waals surface area (Å²) >= 11 is 0. The van der Waals surface area contributed by atoms with E-state index in [1.807, 2.05) is 64.1 Å². The first-order valence-corrected chi connectivity index (χ1v) is 10.2. The minimum absolute atomic E-state index is 0.345. The summed E-state index contributed by atoms with van der Waals surface area (Å²) in [5.41, 5.74) is 4.87. The number of amides is 1. The number of rotatable bonds is 4. The van der Waals surface area contributed by atoms with E-state index in [0.717, 1.165) is 27.9 Å². The molecule has 0 radical (unpaired) electrons. The Balaban J connectivity index is 1.58. The molecule has 7 nitrogen and oxygen atoms in total. The molecule has 31 heavy (non-hydrogen) atoms. The van der Waals surface area contributed by atoms with Gasteiger partial charge in [-0.3, -0.25) is 4.98 Å². The smallest absolute Gasteiger partial charge is 0.408 e. The number of imidazole rings is 1. The minimum atomic E-state index is -0.557. The van der Waals surface area contributed by atoms with Crippen molar-refractivity contribution in [1.29, 1.82) is 0 Å². The molecule has 0 saturated heterocycles. The third-order valence-electron chi connectivity index (χ3n) is 4.68. The van der Waals surface area contributed by atoms with E-state index in [-0.39, 0.29) is 6.04 Å². The van der Waals surface area contributed by atoms with Gasteiger partial charge in [0.15, 0.2) is 5.65 Å². The quantitative estimate of drug-likeness (QED) is 0.473. The Bertz CT molecular complexity index is 1210. The van der Waals surface area contributed by atoms with Crippen molar-refractivity contribution in [2.45, 2.75) is 39.3 Å². The summed E-state index contributed by atoms with van der Waals surface area (Å²) in [6, 6.07) is 15.7. The van der Waals surface area contributed by atoms with E-state index >= 15 is 0 Å². The fourth-order valence-electron chi connectivity index (χ4n) is 3.23. The largest absolute Gasteiger partial charge is 0.444 e. The normalized spacial score (nSPS) is 12.5. The third-order valence-corrected chi connectivity index (χ3v) is 4.68. The molecule has 1 atom stereocenters. The van der Waals surface area contributed by atoms with E-state index in [2.05, 4.69) is 32.4 Å². The summed E-state index contributed by atoms with van der Waals surface area (Å²) in [6.07, 6.45) is 3.08. The van der Waals surface area contributed by atoms with Gasteiger partial charge in [0, 0.05) is 18.0 Å². The van der Waals surface area contributed by atoms with Crippen LogP contribution in [0.3, 0.4) is 0 Å². The van der Waals surface area contributed by atoms with Crippen LogP contribution in [0.25, 0.3) is 33.5 Å². The second-order valence-corrected chi connectivity index (χ2v) is 8.37. The van der Waals surface area contributed by atoms with Crippen molar-refractivity contribution in [2.75, 3.05) is 0 Å². The second-order valence-electron chi connectivity index (χ2n) is 8.37. The van der Waals surface area contributed by atoms with E-state index in [0.29, 0.717) is 11.5 Å². The van der Waals surface area contributed by atoms with Crippen molar-refractivity contribution in [3.05, 3.63) is 66.7 Å². The van der Waals surface area contributed by atoms with Crippen LogP contribution in [0.2, 0.25) is 0 Å². The summed E-state index contributed by atoms with van der Waals surface area (Å²) in [4.78, 5) is 28.7. The number of aromatic nitrogens is 4. The molecule has 2 N–H and O–H groups in total. The number of benzene rings is 1. The molecule has 1 aromatic carbocycles. The highest BCUT2D eigenvalue weighted by molar-refractivity contribution is 5.77. The van der Waals surface area contributed by atoms with E-state index in [1.54, 1.807) is 12.4 Å². The molecule has 4 rings (SSSR count). The van der Waals surface area contributed by atoms with Crippen LogP contribution in [0.1, 0.15) is 39.6 Å². The first-order valence-electron chi connectivity index (χ1n) is 10.2. The zero-order valence-corrected chi connectivity index (χ0v) is 18.0. The van der Waals surface area contributed by atoms with Crippen LogP contribution >= 0.6 is 0 Å². The molecular formula is C24H25N5O2. The van der Waals surface area contributed by atoms with Gasteiger partial charge in [-0.05, 0) is 69.2 Å². The van der Waals surface area contributed by atoms with Crippen molar-refractivity contribution in [3.8, 4) is 22.4 Å². The maximum absolute atomic E-state index is 12.1. The highest BCUT2D eigenvalue weighted by atomic mass is 16.6. The van der Waals surface area contributed by atoms with Gasteiger partial charge in [0.1, 0.15) is 11.4 Å².